The second-order valence-corrected chi connectivity index (χ2v) is 6.04. The van der Waals surface area contributed by atoms with Crippen LogP contribution in [0.5, 0.6) is 0 Å². The van der Waals surface area contributed by atoms with Crippen LogP contribution in [-0.2, 0) is 0 Å². The normalized spacial score (nSPS) is 15.3. The van der Waals surface area contributed by atoms with Gasteiger partial charge in [-0.25, -0.2) is 0 Å². The van der Waals surface area contributed by atoms with E-state index in [-0.39, 0.29) is 5.92 Å². The molecule has 2 unspecified atom stereocenters. The molecule has 0 aliphatic heterocycles. The van der Waals surface area contributed by atoms with Gasteiger partial charge >= 0.3 is 0 Å². The highest BCUT2D eigenvalue weighted by atomic mass is 79.9. The van der Waals surface area contributed by atoms with Crippen LogP contribution in [0.4, 0.5) is 0 Å². The largest absolute Gasteiger partial charge is 0.387 e. The average molecular weight is 313 g/mol. The summed E-state index contributed by atoms with van der Waals surface area (Å²) < 4.78 is 1.52. The molecule has 3 N–H and O–H groups in total. The van der Waals surface area contributed by atoms with Gasteiger partial charge in [-0.15, -0.1) is 11.3 Å². The zero-order valence-corrected chi connectivity index (χ0v) is 11.7. The third-order valence-corrected chi connectivity index (χ3v) is 4.91. The molecule has 15 heavy (non-hydrogen) atoms. The van der Waals surface area contributed by atoms with Crippen LogP contribution >= 0.6 is 38.9 Å². The molecule has 1 aromatic heterocycles. The Labute approximate surface area is 108 Å². The summed E-state index contributed by atoms with van der Waals surface area (Å²) in [7, 11) is 0. The molecular weight excluding hydrogens is 298 g/mol. The highest BCUT2D eigenvalue weighted by Gasteiger charge is 2.21. The van der Waals surface area contributed by atoms with Gasteiger partial charge in [0.2, 0.25) is 0 Å². The van der Waals surface area contributed by atoms with Gasteiger partial charge in [0, 0.05) is 15.3 Å². The van der Waals surface area contributed by atoms with Gasteiger partial charge in [-0.3, -0.25) is 0 Å². The maximum atomic E-state index is 10.1. The summed E-state index contributed by atoms with van der Waals surface area (Å²) in [6.45, 7) is 2.59. The second-order valence-electron chi connectivity index (χ2n) is 3.50. The van der Waals surface area contributed by atoms with Gasteiger partial charge in [0.05, 0.1) is 6.10 Å². The molecule has 1 aromatic rings. The van der Waals surface area contributed by atoms with Crippen molar-refractivity contribution < 1.29 is 5.11 Å². The molecule has 0 saturated carbocycles. The first-order valence-corrected chi connectivity index (χ1v) is 6.91. The lowest BCUT2D eigenvalue weighted by atomic mass is 9.96. The summed E-state index contributed by atoms with van der Waals surface area (Å²) in [5.74, 6) is 0.122. The van der Waals surface area contributed by atoms with E-state index in [1.54, 1.807) is 0 Å². The van der Waals surface area contributed by atoms with Crippen molar-refractivity contribution >= 4 is 38.9 Å². The van der Waals surface area contributed by atoms with Crippen molar-refractivity contribution in [2.45, 2.75) is 25.9 Å². The third-order valence-electron chi connectivity index (χ3n) is 2.36. The highest BCUT2D eigenvalue weighted by Crippen LogP contribution is 2.38. The Bertz CT molecular complexity index is 299. The Morgan fingerprint density at radius 2 is 2.33 bits per heavy atom. The predicted molar refractivity (Wildman–Crippen MR) is 69.4 cm³/mol. The van der Waals surface area contributed by atoms with Gasteiger partial charge in [0.1, 0.15) is 4.34 Å². The molecule has 0 spiro atoms. The van der Waals surface area contributed by atoms with E-state index in [9.17, 15) is 5.11 Å². The Balaban J connectivity index is 2.77. The summed E-state index contributed by atoms with van der Waals surface area (Å²) in [5.41, 5.74) is 5.64. The van der Waals surface area contributed by atoms with E-state index >= 15 is 0 Å². The molecule has 0 fully saturated rings. The Morgan fingerprint density at radius 1 is 1.67 bits per heavy atom. The molecule has 0 aliphatic carbocycles. The first-order chi connectivity index (χ1) is 7.10. The molecule has 0 amide bonds. The van der Waals surface area contributed by atoms with Crippen LogP contribution in [-0.4, -0.2) is 11.7 Å². The van der Waals surface area contributed by atoms with E-state index in [2.05, 4.69) is 22.9 Å². The molecule has 0 aliphatic rings. The van der Waals surface area contributed by atoms with E-state index in [0.717, 1.165) is 22.2 Å². The zero-order valence-electron chi connectivity index (χ0n) is 8.54. The van der Waals surface area contributed by atoms with Crippen molar-refractivity contribution in [1.82, 2.24) is 0 Å². The van der Waals surface area contributed by atoms with Gasteiger partial charge in [0.25, 0.3) is 0 Å². The first-order valence-electron chi connectivity index (χ1n) is 4.93. The fourth-order valence-electron chi connectivity index (χ4n) is 1.52. The summed E-state index contributed by atoms with van der Waals surface area (Å²) in [5, 5.41) is 10.1. The Kier molecular flexibility index (Phi) is 5.57. The van der Waals surface area contributed by atoms with Crippen molar-refractivity contribution in [3.8, 4) is 0 Å². The van der Waals surface area contributed by atoms with Crippen LogP contribution in [0.3, 0.4) is 0 Å². The molecule has 2 atom stereocenters. The zero-order chi connectivity index (χ0) is 11.4. The molecular formula is C10H15BrClNOS. The number of hydrogen-bond donors (Lipinski definition) is 2. The minimum Gasteiger partial charge on any atom is -0.387 e. The van der Waals surface area contributed by atoms with E-state index in [1.807, 2.05) is 6.07 Å². The fourth-order valence-corrected chi connectivity index (χ4v) is 3.33. The van der Waals surface area contributed by atoms with Crippen LogP contribution in [0.2, 0.25) is 4.34 Å². The lowest BCUT2D eigenvalue weighted by Gasteiger charge is -2.19. The number of rotatable bonds is 5. The van der Waals surface area contributed by atoms with Crippen molar-refractivity contribution in [2.24, 2.45) is 11.7 Å². The number of hydrogen-bond acceptors (Lipinski definition) is 3. The van der Waals surface area contributed by atoms with Crippen molar-refractivity contribution in [1.29, 1.82) is 0 Å². The summed E-state index contributed by atoms with van der Waals surface area (Å²) in [6.07, 6.45) is 1.47. The third kappa shape index (κ3) is 3.43. The number of aliphatic hydroxyl groups excluding tert-OH is 1. The maximum absolute atomic E-state index is 10.1. The first kappa shape index (κ1) is 13.5. The molecule has 0 radical (unpaired) electrons. The average Bonchev–Trinajstić information content (AvgIpc) is 2.55. The van der Waals surface area contributed by atoms with E-state index in [4.69, 9.17) is 17.3 Å². The number of halogens is 2. The lowest BCUT2D eigenvalue weighted by molar-refractivity contribution is 0.110. The standard InChI is InChI=1S/C10H15BrClNOS/c1-2-3-6(5-13)9(14)8-4-7(11)10(12)15-8/h4,6,9,14H,2-3,5,13H2,1H3. The minimum absolute atomic E-state index is 0.122. The Morgan fingerprint density at radius 3 is 2.73 bits per heavy atom. The van der Waals surface area contributed by atoms with E-state index in [0.29, 0.717) is 10.9 Å². The molecule has 0 aromatic carbocycles. The summed E-state index contributed by atoms with van der Waals surface area (Å²) in [6, 6.07) is 1.87. The predicted octanol–water partition coefficient (Wildman–Crippen LogP) is 3.57. The number of nitrogens with two attached hydrogens (primary N) is 1. The smallest absolute Gasteiger partial charge is 0.107 e. The molecule has 86 valence electrons. The number of aliphatic hydroxyl groups is 1. The monoisotopic (exact) mass is 311 g/mol. The van der Waals surface area contributed by atoms with Gasteiger partial charge < -0.3 is 10.8 Å². The second kappa shape index (κ2) is 6.21. The van der Waals surface area contributed by atoms with Crippen molar-refractivity contribution in [2.75, 3.05) is 6.54 Å². The lowest BCUT2D eigenvalue weighted by Crippen LogP contribution is -2.21. The quantitative estimate of drug-likeness (QED) is 0.873. The summed E-state index contributed by atoms with van der Waals surface area (Å²) >= 11 is 10.7. The Hall–Kier alpha value is 0.390. The minimum atomic E-state index is -0.497. The van der Waals surface area contributed by atoms with Crippen molar-refractivity contribution in [3.63, 3.8) is 0 Å². The van der Waals surface area contributed by atoms with Gasteiger partial charge in [-0.2, -0.15) is 0 Å². The van der Waals surface area contributed by atoms with Crippen LogP contribution in [0.1, 0.15) is 30.7 Å². The van der Waals surface area contributed by atoms with Crippen LogP contribution in [0.15, 0.2) is 10.5 Å². The van der Waals surface area contributed by atoms with Gasteiger partial charge in [-0.1, -0.05) is 24.9 Å². The fraction of sp³-hybridized carbons (Fsp3) is 0.600. The van der Waals surface area contributed by atoms with E-state index in [1.165, 1.54) is 11.3 Å². The van der Waals surface area contributed by atoms with Crippen LogP contribution in [0, 0.1) is 5.92 Å². The molecule has 1 heterocycles. The van der Waals surface area contributed by atoms with Gasteiger partial charge in [0.15, 0.2) is 0 Å². The van der Waals surface area contributed by atoms with Crippen LogP contribution < -0.4 is 5.73 Å². The molecule has 0 bridgehead atoms. The molecule has 2 nitrogen and oxygen atoms in total. The SMILES string of the molecule is CCCC(CN)C(O)c1cc(Br)c(Cl)s1. The maximum Gasteiger partial charge on any atom is 0.107 e. The molecule has 0 saturated heterocycles. The highest BCUT2D eigenvalue weighted by molar-refractivity contribution is 9.10. The van der Waals surface area contributed by atoms with Gasteiger partial charge in [-0.05, 0) is 35.0 Å². The molecule has 5 heteroatoms. The van der Waals surface area contributed by atoms with Crippen LogP contribution in [0.25, 0.3) is 0 Å². The number of thiophene rings is 1. The van der Waals surface area contributed by atoms with Crippen molar-refractivity contribution in [3.05, 3.63) is 19.8 Å². The van der Waals surface area contributed by atoms with E-state index < -0.39 is 6.10 Å². The summed E-state index contributed by atoms with van der Waals surface area (Å²) in [4.78, 5) is 0.885. The molecule has 1 rings (SSSR count). The topological polar surface area (TPSA) is 46.2 Å².